The predicted molar refractivity (Wildman–Crippen MR) is 76.4 cm³/mol. The van der Waals surface area contributed by atoms with Crippen LogP contribution in [0.2, 0.25) is 0 Å². The van der Waals surface area contributed by atoms with Gasteiger partial charge in [0.15, 0.2) is 0 Å². The fraction of sp³-hybridized carbons (Fsp3) is 0.467. The number of nitrogens with zero attached hydrogens (tertiary/aromatic N) is 3. The molecule has 0 saturated carbocycles. The first-order chi connectivity index (χ1) is 10.3. The van der Waals surface area contributed by atoms with Crippen molar-refractivity contribution in [2.45, 2.75) is 38.9 Å². The maximum atomic E-state index is 13.3. The summed E-state index contributed by atoms with van der Waals surface area (Å²) in [5.74, 6) is 1.29. The molecule has 0 bridgehead atoms. The number of benzene rings is 1. The van der Waals surface area contributed by atoms with Gasteiger partial charge < -0.3 is 14.6 Å². The molecule has 21 heavy (non-hydrogen) atoms. The van der Waals surface area contributed by atoms with Crippen molar-refractivity contribution < 1.29 is 9.13 Å². The van der Waals surface area contributed by atoms with Gasteiger partial charge in [0.05, 0.1) is 13.2 Å². The Morgan fingerprint density at radius 2 is 2.38 bits per heavy atom. The van der Waals surface area contributed by atoms with Crippen molar-refractivity contribution in [3.63, 3.8) is 0 Å². The zero-order valence-corrected chi connectivity index (χ0v) is 12.1. The summed E-state index contributed by atoms with van der Waals surface area (Å²) in [5, 5.41) is 11.5. The van der Waals surface area contributed by atoms with E-state index in [1.807, 2.05) is 4.57 Å². The van der Waals surface area contributed by atoms with E-state index in [0.29, 0.717) is 18.9 Å². The summed E-state index contributed by atoms with van der Waals surface area (Å²) in [6.07, 6.45) is 3.63. The van der Waals surface area contributed by atoms with E-state index >= 15 is 0 Å². The van der Waals surface area contributed by atoms with E-state index in [4.69, 9.17) is 4.74 Å². The molecule has 3 rings (SSSR count). The molecule has 1 aromatic carbocycles. The zero-order valence-electron chi connectivity index (χ0n) is 12.1. The molecule has 0 spiro atoms. The maximum absolute atomic E-state index is 13.3. The summed E-state index contributed by atoms with van der Waals surface area (Å²) in [6, 6.07) is 4.89. The lowest BCUT2D eigenvalue weighted by molar-refractivity contribution is 0.313. The van der Waals surface area contributed by atoms with Gasteiger partial charge in [-0.1, -0.05) is 6.07 Å². The van der Waals surface area contributed by atoms with Crippen LogP contribution in [0.15, 0.2) is 24.5 Å². The third-order valence-corrected chi connectivity index (χ3v) is 3.79. The third kappa shape index (κ3) is 3.05. The topological polar surface area (TPSA) is 52.0 Å². The number of nitrogens with one attached hydrogen (secondary N) is 1. The Morgan fingerprint density at radius 1 is 1.48 bits per heavy atom. The van der Waals surface area contributed by atoms with E-state index in [2.05, 4.69) is 22.4 Å². The van der Waals surface area contributed by atoms with Gasteiger partial charge in [0.2, 0.25) is 0 Å². The summed E-state index contributed by atoms with van der Waals surface area (Å²) in [6.45, 7) is 4.17. The Morgan fingerprint density at radius 3 is 3.24 bits per heavy atom. The van der Waals surface area contributed by atoms with Crippen molar-refractivity contribution in [3.8, 4) is 5.75 Å². The highest BCUT2D eigenvalue weighted by molar-refractivity contribution is 5.37. The average Bonchev–Trinajstić information content (AvgIpc) is 2.85. The van der Waals surface area contributed by atoms with Crippen molar-refractivity contribution in [1.82, 2.24) is 20.1 Å². The molecule has 1 aliphatic rings. The number of fused-ring (bicyclic) bond motifs is 1. The second kappa shape index (κ2) is 6.22. The largest absolute Gasteiger partial charge is 0.493 e. The molecule has 0 amide bonds. The fourth-order valence-electron chi connectivity index (χ4n) is 2.65. The minimum Gasteiger partial charge on any atom is -0.493 e. The number of aromatic nitrogens is 3. The highest BCUT2D eigenvalue weighted by Crippen LogP contribution is 2.32. The van der Waals surface area contributed by atoms with E-state index in [1.54, 1.807) is 12.4 Å². The van der Waals surface area contributed by atoms with E-state index in [0.717, 1.165) is 30.8 Å². The van der Waals surface area contributed by atoms with Crippen LogP contribution in [-0.4, -0.2) is 21.4 Å². The monoisotopic (exact) mass is 290 g/mol. The van der Waals surface area contributed by atoms with Crippen LogP contribution in [0.4, 0.5) is 4.39 Å². The van der Waals surface area contributed by atoms with Crippen molar-refractivity contribution in [3.05, 3.63) is 41.7 Å². The third-order valence-electron chi connectivity index (χ3n) is 3.79. The van der Waals surface area contributed by atoms with Crippen LogP contribution in [0.1, 0.15) is 37.2 Å². The van der Waals surface area contributed by atoms with Gasteiger partial charge in [-0.15, -0.1) is 10.2 Å². The molecule has 0 fully saturated rings. The fourth-order valence-corrected chi connectivity index (χ4v) is 2.65. The Labute approximate surface area is 123 Å². The second-order valence-electron chi connectivity index (χ2n) is 5.14. The molecule has 0 aliphatic carbocycles. The number of aryl methyl sites for hydroxylation is 1. The summed E-state index contributed by atoms with van der Waals surface area (Å²) in [7, 11) is 0. The van der Waals surface area contributed by atoms with Gasteiger partial charge in [0.1, 0.15) is 23.7 Å². The van der Waals surface area contributed by atoms with Gasteiger partial charge in [0.25, 0.3) is 0 Å². The minimum atomic E-state index is -0.264. The molecule has 1 N–H and O–H groups in total. The van der Waals surface area contributed by atoms with E-state index in [1.165, 1.54) is 12.1 Å². The van der Waals surface area contributed by atoms with Gasteiger partial charge in [-0.3, -0.25) is 0 Å². The van der Waals surface area contributed by atoms with E-state index < -0.39 is 0 Å². The van der Waals surface area contributed by atoms with Crippen LogP contribution >= 0.6 is 0 Å². The van der Waals surface area contributed by atoms with Crippen molar-refractivity contribution in [1.29, 1.82) is 0 Å². The van der Waals surface area contributed by atoms with Crippen LogP contribution in [0.25, 0.3) is 0 Å². The van der Waals surface area contributed by atoms with Crippen LogP contribution in [0, 0.1) is 5.82 Å². The molecule has 0 radical (unpaired) electrons. The summed E-state index contributed by atoms with van der Waals surface area (Å²) in [5.41, 5.74) is 1.01. The van der Waals surface area contributed by atoms with Crippen molar-refractivity contribution >= 4 is 0 Å². The highest BCUT2D eigenvalue weighted by Gasteiger charge is 2.20. The summed E-state index contributed by atoms with van der Waals surface area (Å²) in [4.78, 5) is 0. The first-order valence-electron chi connectivity index (χ1n) is 7.30. The number of rotatable bonds is 4. The van der Waals surface area contributed by atoms with E-state index in [-0.39, 0.29) is 11.9 Å². The molecule has 2 aromatic rings. The standard InChI is InChI=1S/C15H19FN4O/c1-2-20-10-18-19-15(20)9-17-13-4-3-7-21-14-8-11(16)5-6-12(13)14/h5-6,8,10,13,17H,2-4,7,9H2,1H3/t13-/m1/s1. The Balaban J connectivity index is 1.76. The number of ether oxygens (including phenoxy) is 1. The van der Waals surface area contributed by atoms with E-state index in [9.17, 15) is 4.39 Å². The lowest BCUT2D eigenvalue weighted by Gasteiger charge is -2.18. The zero-order chi connectivity index (χ0) is 14.7. The van der Waals surface area contributed by atoms with Gasteiger partial charge in [-0.2, -0.15) is 0 Å². The molecule has 1 atom stereocenters. The molecule has 0 saturated heterocycles. The number of halogens is 1. The SMILES string of the molecule is CCn1cnnc1CN[C@@H]1CCCOc2cc(F)ccc21. The number of hydrogen-bond donors (Lipinski definition) is 1. The van der Waals surface area contributed by atoms with Crippen LogP contribution in [0.3, 0.4) is 0 Å². The van der Waals surface area contributed by atoms with Crippen LogP contribution < -0.4 is 10.1 Å². The van der Waals surface area contributed by atoms with Crippen molar-refractivity contribution in [2.24, 2.45) is 0 Å². The molecular formula is C15H19FN4O. The lowest BCUT2D eigenvalue weighted by Crippen LogP contribution is -2.22. The lowest BCUT2D eigenvalue weighted by atomic mass is 10.0. The molecule has 112 valence electrons. The quantitative estimate of drug-likeness (QED) is 0.939. The Kier molecular flexibility index (Phi) is 4.15. The smallest absolute Gasteiger partial charge is 0.146 e. The molecule has 2 heterocycles. The first-order valence-corrected chi connectivity index (χ1v) is 7.30. The van der Waals surface area contributed by atoms with Gasteiger partial charge in [-0.25, -0.2) is 4.39 Å². The highest BCUT2D eigenvalue weighted by atomic mass is 19.1. The van der Waals surface area contributed by atoms with Crippen LogP contribution in [-0.2, 0) is 13.1 Å². The summed E-state index contributed by atoms with van der Waals surface area (Å²) < 4.78 is 21.0. The molecule has 1 aliphatic heterocycles. The van der Waals surface area contributed by atoms with Gasteiger partial charge in [0, 0.05) is 24.2 Å². The first kappa shape index (κ1) is 14.0. The molecule has 5 nitrogen and oxygen atoms in total. The van der Waals surface area contributed by atoms with Crippen molar-refractivity contribution in [2.75, 3.05) is 6.61 Å². The second-order valence-corrected chi connectivity index (χ2v) is 5.14. The van der Waals surface area contributed by atoms with Gasteiger partial charge in [-0.05, 0) is 25.8 Å². The Hall–Kier alpha value is -1.95. The molecular weight excluding hydrogens is 271 g/mol. The normalized spacial score (nSPS) is 17.9. The maximum Gasteiger partial charge on any atom is 0.146 e. The Bertz CT molecular complexity index is 613. The van der Waals surface area contributed by atoms with Crippen LogP contribution in [0.5, 0.6) is 5.75 Å². The number of hydrogen-bond acceptors (Lipinski definition) is 4. The van der Waals surface area contributed by atoms with Gasteiger partial charge >= 0.3 is 0 Å². The average molecular weight is 290 g/mol. The summed E-state index contributed by atoms with van der Waals surface area (Å²) >= 11 is 0. The molecule has 0 unspecified atom stereocenters. The molecule has 1 aromatic heterocycles. The minimum absolute atomic E-state index is 0.144. The molecule has 6 heteroatoms. The predicted octanol–water partition coefficient (Wildman–Crippen LogP) is 2.44.